The van der Waals surface area contributed by atoms with Gasteiger partial charge in [-0.1, -0.05) is 23.2 Å². The number of sulfonamides is 1. The molecule has 0 spiro atoms. The highest BCUT2D eigenvalue weighted by molar-refractivity contribution is 7.89. The van der Waals surface area contributed by atoms with E-state index in [-0.39, 0.29) is 35.1 Å². The minimum atomic E-state index is -3.73. The molecule has 2 amide bonds. The van der Waals surface area contributed by atoms with Crippen molar-refractivity contribution in [2.45, 2.75) is 30.7 Å². The first-order valence-electron chi connectivity index (χ1n) is 8.29. The molecule has 0 aromatic heterocycles. The summed E-state index contributed by atoms with van der Waals surface area (Å²) in [6, 6.07) is 4.42. The Morgan fingerprint density at radius 2 is 1.84 bits per heavy atom. The van der Waals surface area contributed by atoms with E-state index in [9.17, 15) is 13.2 Å². The molecule has 6 nitrogen and oxygen atoms in total. The molecule has 0 radical (unpaired) electrons. The summed E-state index contributed by atoms with van der Waals surface area (Å²) in [5.41, 5.74) is 0. The maximum atomic E-state index is 12.8. The second-order valence-corrected chi connectivity index (χ2v) is 9.29. The van der Waals surface area contributed by atoms with Gasteiger partial charge in [-0.15, -0.1) is 0 Å². The van der Waals surface area contributed by atoms with Gasteiger partial charge in [-0.25, -0.2) is 13.2 Å². The highest BCUT2D eigenvalue weighted by Crippen LogP contribution is 2.32. The Morgan fingerprint density at radius 1 is 1.20 bits per heavy atom. The summed E-state index contributed by atoms with van der Waals surface area (Å²) in [6.45, 7) is 3.17. The quantitative estimate of drug-likeness (QED) is 0.836. The number of nitrogens with one attached hydrogen (secondary N) is 1. The molecule has 9 heteroatoms. The van der Waals surface area contributed by atoms with E-state index in [0.29, 0.717) is 24.0 Å². The maximum absolute atomic E-state index is 12.8. The van der Waals surface area contributed by atoms with E-state index < -0.39 is 10.0 Å². The van der Waals surface area contributed by atoms with Crippen molar-refractivity contribution >= 4 is 39.3 Å². The predicted octanol–water partition coefficient (Wildman–Crippen LogP) is 2.81. The molecule has 0 bridgehead atoms. The van der Waals surface area contributed by atoms with Crippen molar-refractivity contribution in [1.29, 1.82) is 0 Å². The molecule has 1 aromatic carbocycles. The van der Waals surface area contributed by atoms with E-state index in [0.717, 1.165) is 12.8 Å². The smallest absolute Gasteiger partial charge is 0.317 e. The molecule has 1 N–H and O–H groups in total. The molecular formula is C16H21Cl2N3O3S. The Bertz CT molecular complexity index is 760. The number of hydrogen-bond donors (Lipinski definition) is 1. The molecule has 0 unspecified atom stereocenters. The monoisotopic (exact) mass is 405 g/mol. The normalized spacial score (nSPS) is 20.4. The van der Waals surface area contributed by atoms with E-state index in [1.165, 1.54) is 16.4 Å². The number of carbonyl (C=O) groups excluding carboxylic acids is 1. The van der Waals surface area contributed by atoms with Crippen LogP contribution in [0.4, 0.5) is 4.79 Å². The number of piperazine rings is 1. The number of nitrogens with zero attached hydrogens (tertiary/aromatic N) is 2. The van der Waals surface area contributed by atoms with Gasteiger partial charge in [0.1, 0.15) is 4.90 Å². The molecule has 2 aliphatic rings. The topological polar surface area (TPSA) is 69.7 Å². The van der Waals surface area contributed by atoms with Gasteiger partial charge in [-0.2, -0.15) is 4.31 Å². The van der Waals surface area contributed by atoms with Gasteiger partial charge in [0.15, 0.2) is 0 Å². The van der Waals surface area contributed by atoms with Crippen LogP contribution in [0.2, 0.25) is 10.0 Å². The maximum Gasteiger partial charge on any atom is 0.317 e. The Hall–Kier alpha value is -1.02. The first-order chi connectivity index (χ1) is 11.8. The van der Waals surface area contributed by atoms with Crippen LogP contribution in [0.1, 0.15) is 19.8 Å². The molecule has 1 aromatic rings. The van der Waals surface area contributed by atoms with E-state index in [2.05, 4.69) is 5.32 Å². The number of benzene rings is 1. The van der Waals surface area contributed by atoms with Crippen LogP contribution in [-0.4, -0.2) is 55.9 Å². The molecule has 3 rings (SSSR count). The average Bonchev–Trinajstić information content (AvgIpc) is 3.42. The lowest BCUT2D eigenvalue weighted by Crippen LogP contribution is -2.54. The number of amides is 2. The summed E-state index contributed by atoms with van der Waals surface area (Å²) < 4.78 is 26.9. The lowest BCUT2D eigenvalue weighted by atomic mass is 10.2. The Morgan fingerprint density at radius 3 is 2.44 bits per heavy atom. The number of carbonyl (C=O) groups is 1. The zero-order chi connectivity index (χ0) is 18.2. The van der Waals surface area contributed by atoms with E-state index in [1.54, 1.807) is 11.0 Å². The third-order valence-electron chi connectivity index (χ3n) is 4.72. The fourth-order valence-corrected chi connectivity index (χ4v) is 5.11. The summed E-state index contributed by atoms with van der Waals surface area (Å²) in [5, 5.41) is 3.45. The minimum Gasteiger partial charge on any atom is -0.335 e. The second kappa shape index (κ2) is 7.31. The van der Waals surface area contributed by atoms with Crippen LogP contribution in [0.5, 0.6) is 0 Å². The standard InChI is InChI=1S/C16H21Cl2N3O3S/c1-11(12-2-3-12)19-16(22)20-6-8-21(9-7-20)25(23,24)15-10-13(17)4-5-14(15)18/h4-5,10-12H,2-3,6-9H2,1H3,(H,19,22)/t11-/m0/s1. The number of rotatable bonds is 4. The van der Waals surface area contributed by atoms with Gasteiger partial charge in [0.25, 0.3) is 0 Å². The SMILES string of the molecule is C[C@H](NC(=O)N1CCN(S(=O)(=O)c2cc(Cl)ccc2Cl)CC1)C1CC1. The van der Waals surface area contributed by atoms with Crippen LogP contribution in [0.25, 0.3) is 0 Å². The highest BCUT2D eigenvalue weighted by Gasteiger charge is 2.33. The van der Waals surface area contributed by atoms with Gasteiger partial charge < -0.3 is 10.2 Å². The summed E-state index contributed by atoms with van der Waals surface area (Å²) in [6.07, 6.45) is 2.32. The van der Waals surface area contributed by atoms with Gasteiger partial charge in [0.2, 0.25) is 10.0 Å². The fraction of sp³-hybridized carbons (Fsp3) is 0.562. The minimum absolute atomic E-state index is 0.00178. The molecule has 1 atom stereocenters. The van der Waals surface area contributed by atoms with Crippen LogP contribution < -0.4 is 5.32 Å². The molecule has 1 aliphatic carbocycles. The molecule has 1 aliphatic heterocycles. The molecule has 2 fully saturated rings. The van der Waals surface area contributed by atoms with Gasteiger partial charge in [0, 0.05) is 37.2 Å². The zero-order valence-corrected chi connectivity index (χ0v) is 16.2. The van der Waals surface area contributed by atoms with Crippen molar-refractivity contribution in [3.63, 3.8) is 0 Å². The van der Waals surface area contributed by atoms with Crippen molar-refractivity contribution in [3.05, 3.63) is 28.2 Å². The van der Waals surface area contributed by atoms with Crippen LogP contribution in [0.3, 0.4) is 0 Å². The summed E-state index contributed by atoms with van der Waals surface area (Å²) in [5.74, 6) is 0.579. The Kier molecular flexibility index (Phi) is 5.48. The van der Waals surface area contributed by atoms with Crippen LogP contribution >= 0.6 is 23.2 Å². The van der Waals surface area contributed by atoms with Crippen molar-refractivity contribution in [1.82, 2.24) is 14.5 Å². The second-order valence-electron chi connectivity index (χ2n) is 6.54. The Labute approximate surface area is 158 Å². The van der Waals surface area contributed by atoms with E-state index >= 15 is 0 Å². The number of urea groups is 1. The Balaban J connectivity index is 1.63. The lowest BCUT2D eigenvalue weighted by molar-refractivity contribution is 0.168. The molecule has 138 valence electrons. The van der Waals surface area contributed by atoms with Gasteiger partial charge in [-0.05, 0) is 43.9 Å². The van der Waals surface area contributed by atoms with Gasteiger partial charge >= 0.3 is 6.03 Å². The molecule has 1 heterocycles. The van der Waals surface area contributed by atoms with E-state index in [4.69, 9.17) is 23.2 Å². The molecule has 25 heavy (non-hydrogen) atoms. The summed E-state index contributed by atoms with van der Waals surface area (Å²) in [7, 11) is -3.73. The number of hydrogen-bond acceptors (Lipinski definition) is 3. The van der Waals surface area contributed by atoms with Gasteiger partial charge in [-0.3, -0.25) is 0 Å². The van der Waals surface area contributed by atoms with Crippen LogP contribution in [-0.2, 0) is 10.0 Å². The first-order valence-corrected chi connectivity index (χ1v) is 10.5. The third kappa shape index (κ3) is 4.22. The third-order valence-corrected chi connectivity index (χ3v) is 7.33. The summed E-state index contributed by atoms with van der Waals surface area (Å²) in [4.78, 5) is 13.9. The van der Waals surface area contributed by atoms with Crippen molar-refractivity contribution in [3.8, 4) is 0 Å². The van der Waals surface area contributed by atoms with Crippen molar-refractivity contribution in [2.24, 2.45) is 5.92 Å². The van der Waals surface area contributed by atoms with Crippen molar-refractivity contribution in [2.75, 3.05) is 26.2 Å². The van der Waals surface area contributed by atoms with Gasteiger partial charge in [0.05, 0.1) is 5.02 Å². The predicted molar refractivity (Wildman–Crippen MR) is 97.5 cm³/mol. The fourth-order valence-electron chi connectivity index (χ4n) is 2.95. The number of halogens is 2. The largest absolute Gasteiger partial charge is 0.335 e. The van der Waals surface area contributed by atoms with Crippen LogP contribution in [0.15, 0.2) is 23.1 Å². The first kappa shape index (κ1) is 18.8. The zero-order valence-electron chi connectivity index (χ0n) is 13.9. The highest BCUT2D eigenvalue weighted by atomic mass is 35.5. The lowest BCUT2D eigenvalue weighted by Gasteiger charge is -2.34. The van der Waals surface area contributed by atoms with Crippen LogP contribution in [0, 0.1) is 5.92 Å². The van der Waals surface area contributed by atoms with Crippen molar-refractivity contribution < 1.29 is 13.2 Å². The molecule has 1 saturated heterocycles. The molecule has 1 saturated carbocycles. The summed E-state index contributed by atoms with van der Waals surface area (Å²) >= 11 is 11.9. The molecular weight excluding hydrogens is 385 g/mol. The van der Waals surface area contributed by atoms with E-state index in [1.807, 2.05) is 6.92 Å². The average molecular weight is 406 g/mol.